The van der Waals surface area contributed by atoms with E-state index in [-0.39, 0.29) is 25.7 Å². The number of anilines is 2. The van der Waals surface area contributed by atoms with Crippen LogP contribution in [0.25, 0.3) is 10.9 Å². The quantitative estimate of drug-likeness (QED) is 0.616. The van der Waals surface area contributed by atoms with Gasteiger partial charge in [0.1, 0.15) is 5.82 Å². The molecular formula is C25H29FN6OS. The molecule has 0 amide bonds. The molecule has 3 aromatic rings. The number of hydrogen-bond acceptors (Lipinski definition) is 7. The van der Waals surface area contributed by atoms with Crippen LogP contribution in [0.2, 0.25) is 0 Å². The molecule has 34 heavy (non-hydrogen) atoms. The topological polar surface area (TPSA) is 87.7 Å². The van der Waals surface area contributed by atoms with Crippen molar-refractivity contribution in [2.45, 2.75) is 42.9 Å². The van der Waals surface area contributed by atoms with Crippen LogP contribution in [0, 0.1) is 6.92 Å². The first kappa shape index (κ1) is 21.7. The fraction of sp³-hybridized carbons (Fsp3) is 0.440. The number of aromatic nitrogens is 2. The Labute approximate surface area is 199 Å². The van der Waals surface area contributed by atoms with Crippen LogP contribution in [0.4, 0.5) is 16.2 Å². The number of alkyl halides is 1. The van der Waals surface area contributed by atoms with Gasteiger partial charge in [0.05, 0.1) is 45.0 Å². The van der Waals surface area contributed by atoms with Crippen LogP contribution in [-0.2, 0) is 16.3 Å². The van der Waals surface area contributed by atoms with Crippen molar-refractivity contribution in [2.75, 3.05) is 41.7 Å². The summed E-state index contributed by atoms with van der Waals surface area (Å²) in [5.74, 6) is 1.74. The van der Waals surface area contributed by atoms with E-state index in [1.165, 1.54) is 0 Å². The van der Waals surface area contributed by atoms with E-state index >= 15 is 0 Å². The predicted octanol–water partition coefficient (Wildman–Crippen LogP) is 3.43. The van der Waals surface area contributed by atoms with Crippen LogP contribution in [0.5, 0.6) is 0 Å². The van der Waals surface area contributed by atoms with Crippen LogP contribution in [0.15, 0.2) is 51.7 Å². The van der Waals surface area contributed by atoms with Crippen molar-refractivity contribution in [3.8, 4) is 0 Å². The van der Waals surface area contributed by atoms with Crippen molar-refractivity contribution in [2.24, 2.45) is 10.1 Å². The summed E-state index contributed by atoms with van der Waals surface area (Å²) in [5.41, 5.74) is 7.18. The first-order chi connectivity index (χ1) is 16.4. The first-order valence-electron chi connectivity index (χ1n) is 11.9. The second-order valence-electron chi connectivity index (χ2n) is 9.79. The average molecular weight is 481 g/mol. The highest BCUT2D eigenvalue weighted by Gasteiger charge is 2.43. The SMILES string of the molecule is Cc1ccc2nc(N3CCS(=O)(=NC4CC4)c4ccccc4C3)nc(N3CC(F)(CN)C3)c2c1. The molecule has 6 rings (SSSR count). The van der Waals surface area contributed by atoms with E-state index in [0.29, 0.717) is 24.8 Å². The van der Waals surface area contributed by atoms with E-state index in [0.717, 1.165) is 45.6 Å². The molecule has 0 radical (unpaired) electrons. The summed E-state index contributed by atoms with van der Waals surface area (Å²) >= 11 is 0. The largest absolute Gasteiger partial charge is 0.349 e. The molecule has 1 aliphatic carbocycles. The van der Waals surface area contributed by atoms with Crippen LogP contribution in [-0.4, -0.2) is 57.8 Å². The van der Waals surface area contributed by atoms with Gasteiger partial charge in [-0.25, -0.2) is 17.9 Å². The molecular weight excluding hydrogens is 451 g/mol. The highest BCUT2D eigenvalue weighted by atomic mass is 32.2. The summed E-state index contributed by atoms with van der Waals surface area (Å²) in [6.45, 7) is 3.56. The van der Waals surface area contributed by atoms with Crippen molar-refractivity contribution in [3.05, 3.63) is 53.6 Å². The van der Waals surface area contributed by atoms with E-state index in [4.69, 9.17) is 20.1 Å². The van der Waals surface area contributed by atoms with E-state index in [9.17, 15) is 8.60 Å². The van der Waals surface area contributed by atoms with Gasteiger partial charge in [0, 0.05) is 25.0 Å². The summed E-state index contributed by atoms with van der Waals surface area (Å²) in [6.07, 6.45) is 2.04. The zero-order valence-electron chi connectivity index (χ0n) is 19.3. The minimum Gasteiger partial charge on any atom is -0.349 e. The minimum absolute atomic E-state index is 0.000162. The Hall–Kier alpha value is -2.78. The summed E-state index contributed by atoms with van der Waals surface area (Å²) in [7, 11) is -2.50. The molecule has 1 atom stereocenters. The van der Waals surface area contributed by atoms with E-state index < -0.39 is 15.4 Å². The highest BCUT2D eigenvalue weighted by molar-refractivity contribution is 7.93. The number of rotatable bonds is 4. The lowest BCUT2D eigenvalue weighted by Crippen LogP contribution is -2.63. The van der Waals surface area contributed by atoms with Gasteiger partial charge >= 0.3 is 0 Å². The van der Waals surface area contributed by atoms with Crippen LogP contribution >= 0.6 is 0 Å². The molecule has 1 unspecified atom stereocenters. The van der Waals surface area contributed by atoms with Crippen LogP contribution < -0.4 is 15.5 Å². The average Bonchev–Trinajstić information content (AvgIpc) is 3.64. The molecule has 0 spiro atoms. The lowest BCUT2D eigenvalue weighted by atomic mass is 9.96. The molecule has 1 saturated heterocycles. The maximum Gasteiger partial charge on any atom is 0.228 e. The predicted molar refractivity (Wildman–Crippen MR) is 134 cm³/mol. The molecule has 2 N–H and O–H groups in total. The monoisotopic (exact) mass is 480 g/mol. The molecule has 0 bridgehead atoms. The van der Waals surface area contributed by atoms with Crippen LogP contribution in [0.1, 0.15) is 24.0 Å². The molecule has 2 aliphatic heterocycles. The third kappa shape index (κ3) is 3.80. The summed E-state index contributed by atoms with van der Waals surface area (Å²) in [4.78, 5) is 14.7. The maximum atomic E-state index is 14.7. The van der Waals surface area contributed by atoms with Gasteiger partial charge in [-0.1, -0.05) is 29.8 Å². The smallest absolute Gasteiger partial charge is 0.228 e. The Kier molecular flexibility index (Phi) is 5.04. The van der Waals surface area contributed by atoms with Gasteiger partial charge in [-0.3, -0.25) is 0 Å². The molecule has 1 aromatic heterocycles. The molecule has 1 saturated carbocycles. The third-order valence-corrected chi connectivity index (χ3v) is 9.36. The molecule has 2 fully saturated rings. The first-order valence-corrected chi connectivity index (χ1v) is 13.5. The standard InChI is InChI=1S/C25H29FN6OS/c1-17-6-9-21-20(12-17)23(32-15-25(26,14-27)16-32)29-24(28-21)31-10-11-34(33,30-19-7-8-19)22-5-3-2-4-18(22)13-31/h2-6,9,12,19H,7-8,10-11,13-16,27H2,1H3. The second-order valence-corrected chi connectivity index (χ2v) is 12.1. The van der Waals surface area contributed by atoms with Gasteiger partial charge in [0.25, 0.3) is 0 Å². The van der Waals surface area contributed by atoms with Crippen molar-refractivity contribution in [1.82, 2.24) is 9.97 Å². The van der Waals surface area contributed by atoms with Gasteiger partial charge in [0.2, 0.25) is 5.95 Å². The Balaban J connectivity index is 1.42. The molecule has 9 heteroatoms. The van der Waals surface area contributed by atoms with Gasteiger partial charge in [-0.15, -0.1) is 0 Å². The normalized spacial score (nSPS) is 23.9. The number of aryl methyl sites for hydroxylation is 1. The zero-order valence-corrected chi connectivity index (χ0v) is 20.1. The summed E-state index contributed by atoms with van der Waals surface area (Å²) in [5, 5.41) is 0.908. The van der Waals surface area contributed by atoms with Gasteiger partial charge in [-0.2, -0.15) is 4.98 Å². The van der Waals surface area contributed by atoms with Gasteiger partial charge in [0.15, 0.2) is 5.67 Å². The Morgan fingerprint density at radius 2 is 1.97 bits per heavy atom. The maximum absolute atomic E-state index is 14.7. The Morgan fingerprint density at radius 1 is 1.18 bits per heavy atom. The number of nitrogens with two attached hydrogens (primary N) is 1. The van der Waals surface area contributed by atoms with E-state index in [2.05, 4.69) is 4.90 Å². The fourth-order valence-electron chi connectivity index (χ4n) is 4.79. The number of fused-ring (bicyclic) bond motifs is 2. The Bertz CT molecular complexity index is 1390. The number of benzene rings is 2. The lowest BCUT2D eigenvalue weighted by Gasteiger charge is -2.45. The van der Waals surface area contributed by atoms with Crippen molar-refractivity contribution in [1.29, 1.82) is 0 Å². The fourth-order valence-corrected chi connectivity index (χ4v) is 7.22. The van der Waals surface area contributed by atoms with E-state index in [1.807, 2.05) is 54.3 Å². The molecule has 3 heterocycles. The zero-order chi connectivity index (χ0) is 23.5. The third-order valence-electron chi connectivity index (χ3n) is 6.90. The van der Waals surface area contributed by atoms with Crippen molar-refractivity contribution < 1.29 is 8.60 Å². The van der Waals surface area contributed by atoms with E-state index in [1.54, 1.807) is 0 Å². The number of hydrogen-bond donors (Lipinski definition) is 1. The van der Waals surface area contributed by atoms with Gasteiger partial charge in [-0.05, 0) is 43.5 Å². The molecule has 7 nitrogen and oxygen atoms in total. The minimum atomic E-state index is -2.50. The molecule has 2 aromatic carbocycles. The molecule has 3 aliphatic rings. The highest BCUT2D eigenvalue weighted by Crippen LogP contribution is 2.36. The van der Waals surface area contributed by atoms with Gasteiger partial charge < -0.3 is 15.5 Å². The summed E-state index contributed by atoms with van der Waals surface area (Å²) in [6, 6.07) is 14.2. The second kappa shape index (κ2) is 7.88. The lowest BCUT2D eigenvalue weighted by molar-refractivity contribution is 0.130. The number of nitrogens with zero attached hydrogens (tertiary/aromatic N) is 5. The number of halogens is 1. The summed E-state index contributed by atoms with van der Waals surface area (Å²) < 4.78 is 33.4. The van der Waals surface area contributed by atoms with Crippen molar-refractivity contribution >= 4 is 32.4 Å². The van der Waals surface area contributed by atoms with Crippen molar-refractivity contribution in [3.63, 3.8) is 0 Å². The molecule has 178 valence electrons. The van der Waals surface area contributed by atoms with Crippen LogP contribution in [0.3, 0.4) is 0 Å². The Morgan fingerprint density at radius 3 is 2.74 bits per heavy atom.